The fourth-order valence-corrected chi connectivity index (χ4v) is 2.69. The predicted molar refractivity (Wildman–Crippen MR) is 103 cm³/mol. The van der Waals surface area contributed by atoms with Crippen LogP contribution in [-0.2, 0) is 0 Å². The summed E-state index contributed by atoms with van der Waals surface area (Å²) in [4.78, 5) is 10.5. The summed E-state index contributed by atoms with van der Waals surface area (Å²) in [5.74, 6) is 0.267. The first-order chi connectivity index (χ1) is 11.6. The molecule has 1 saturated heterocycles. The second-order valence-electron chi connectivity index (χ2n) is 5.69. The maximum atomic E-state index is 13.0. The molecule has 0 atom stereocenters. The number of hydrogen-bond donors (Lipinski definition) is 2. The number of nitrogens with zero attached hydrogens (tertiary/aromatic N) is 3. The standard InChI is InChI=1S/C18H20FN5.ClH/c19-15-8-6-13(7-9-15)14-4-3-5-16(12-14)22-17(20)23-18(21)24-10-1-2-11-24;/h3-9,12H,1-2,10-11H2,(H4,20,21,22,23);1H. The van der Waals surface area contributed by atoms with Crippen molar-refractivity contribution < 1.29 is 4.39 Å². The van der Waals surface area contributed by atoms with E-state index in [1.165, 1.54) is 12.1 Å². The number of halogens is 2. The lowest BCUT2D eigenvalue weighted by atomic mass is 10.1. The van der Waals surface area contributed by atoms with Gasteiger partial charge < -0.3 is 16.4 Å². The summed E-state index contributed by atoms with van der Waals surface area (Å²) >= 11 is 0. The molecule has 0 aromatic heterocycles. The van der Waals surface area contributed by atoms with Crippen molar-refractivity contribution in [1.29, 1.82) is 0 Å². The first-order valence-corrected chi connectivity index (χ1v) is 7.91. The smallest absolute Gasteiger partial charge is 0.223 e. The Labute approximate surface area is 152 Å². The van der Waals surface area contributed by atoms with E-state index in [1.54, 1.807) is 12.1 Å². The van der Waals surface area contributed by atoms with Gasteiger partial charge in [-0.2, -0.15) is 4.99 Å². The number of hydrogen-bond acceptors (Lipinski definition) is 1. The normalized spacial score (nSPS) is 15.2. The highest BCUT2D eigenvalue weighted by molar-refractivity contribution is 5.94. The second kappa shape index (κ2) is 8.48. The minimum Gasteiger partial charge on any atom is -0.369 e. The van der Waals surface area contributed by atoms with Crippen molar-refractivity contribution in [1.82, 2.24) is 4.90 Å². The van der Waals surface area contributed by atoms with Gasteiger partial charge in [-0.15, -0.1) is 12.4 Å². The van der Waals surface area contributed by atoms with Crippen LogP contribution in [0.1, 0.15) is 12.8 Å². The Hall–Kier alpha value is -2.60. The average Bonchev–Trinajstić information content (AvgIpc) is 3.10. The Bertz CT molecular complexity index is 767. The van der Waals surface area contributed by atoms with Gasteiger partial charge in [0.05, 0.1) is 5.69 Å². The Balaban J connectivity index is 0.00000225. The highest BCUT2D eigenvalue weighted by Gasteiger charge is 2.13. The number of rotatable bonds is 2. The Morgan fingerprint density at radius 3 is 2.32 bits per heavy atom. The van der Waals surface area contributed by atoms with E-state index < -0.39 is 0 Å². The summed E-state index contributed by atoms with van der Waals surface area (Å²) in [7, 11) is 0. The first-order valence-electron chi connectivity index (χ1n) is 7.91. The van der Waals surface area contributed by atoms with Gasteiger partial charge in [0.2, 0.25) is 5.96 Å². The van der Waals surface area contributed by atoms with E-state index in [2.05, 4.69) is 9.98 Å². The Kier molecular flexibility index (Phi) is 6.36. The van der Waals surface area contributed by atoms with E-state index in [1.807, 2.05) is 29.2 Å². The molecule has 5 nitrogen and oxygen atoms in total. The molecular weight excluding hydrogens is 341 g/mol. The van der Waals surface area contributed by atoms with Crippen molar-refractivity contribution in [2.24, 2.45) is 21.5 Å². The SMILES string of the molecule is Cl.NC(=Nc1cccc(-c2ccc(F)cc2)c1)N=C(N)N1CCCC1. The van der Waals surface area contributed by atoms with Gasteiger partial charge in [0.15, 0.2) is 5.96 Å². The van der Waals surface area contributed by atoms with E-state index in [0.717, 1.165) is 37.1 Å². The molecule has 0 aliphatic carbocycles. The van der Waals surface area contributed by atoms with E-state index in [0.29, 0.717) is 11.6 Å². The third-order valence-electron chi connectivity index (χ3n) is 3.93. The zero-order valence-electron chi connectivity index (χ0n) is 13.7. The Morgan fingerprint density at radius 2 is 1.64 bits per heavy atom. The molecule has 0 spiro atoms. The van der Waals surface area contributed by atoms with Crippen molar-refractivity contribution >= 4 is 30.0 Å². The molecule has 4 N–H and O–H groups in total. The predicted octanol–water partition coefficient (Wildman–Crippen LogP) is 3.27. The van der Waals surface area contributed by atoms with E-state index in [-0.39, 0.29) is 24.2 Å². The van der Waals surface area contributed by atoms with Crippen LogP contribution in [0.2, 0.25) is 0 Å². The molecule has 25 heavy (non-hydrogen) atoms. The molecule has 1 aliphatic heterocycles. The largest absolute Gasteiger partial charge is 0.369 e. The molecule has 0 unspecified atom stereocenters. The molecule has 132 valence electrons. The molecule has 0 radical (unpaired) electrons. The van der Waals surface area contributed by atoms with Crippen LogP contribution in [0.3, 0.4) is 0 Å². The van der Waals surface area contributed by atoms with Crippen LogP contribution in [0.25, 0.3) is 11.1 Å². The number of guanidine groups is 2. The molecule has 2 aromatic rings. The number of likely N-dealkylation sites (tertiary alicyclic amines) is 1. The Morgan fingerprint density at radius 1 is 0.960 bits per heavy atom. The maximum absolute atomic E-state index is 13.0. The minimum atomic E-state index is -0.260. The fraction of sp³-hybridized carbons (Fsp3) is 0.222. The van der Waals surface area contributed by atoms with E-state index >= 15 is 0 Å². The van der Waals surface area contributed by atoms with Gasteiger partial charge in [-0.25, -0.2) is 9.38 Å². The van der Waals surface area contributed by atoms with Crippen molar-refractivity contribution in [2.45, 2.75) is 12.8 Å². The van der Waals surface area contributed by atoms with E-state index in [9.17, 15) is 4.39 Å². The lowest BCUT2D eigenvalue weighted by molar-refractivity contribution is 0.514. The van der Waals surface area contributed by atoms with Gasteiger partial charge in [-0.1, -0.05) is 24.3 Å². The molecule has 0 amide bonds. The lowest BCUT2D eigenvalue weighted by Crippen LogP contribution is -2.36. The van der Waals surface area contributed by atoms with Crippen molar-refractivity contribution in [3.05, 3.63) is 54.3 Å². The summed E-state index contributed by atoms with van der Waals surface area (Å²) in [5, 5.41) is 0. The molecule has 1 aliphatic rings. The molecule has 2 aromatic carbocycles. The van der Waals surface area contributed by atoms with Gasteiger partial charge in [-0.05, 0) is 48.2 Å². The van der Waals surface area contributed by atoms with Gasteiger partial charge in [-0.3, -0.25) is 0 Å². The minimum absolute atomic E-state index is 0. The fourth-order valence-electron chi connectivity index (χ4n) is 2.69. The number of aliphatic imine (C=N–C) groups is 2. The van der Waals surface area contributed by atoms with Crippen LogP contribution in [0.5, 0.6) is 0 Å². The average molecular weight is 362 g/mol. The van der Waals surface area contributed by atoms with Crippen LogP contribution in [0.4, 0.5) is 10.1 Å². The zero-order chi connectivity index (χ0) is 16.9. The van der Waals surface area contributed by atoms with Gasteiger partial charge in [0.25, 0.3) is 0 Å². The maximum Gasteiger partial charge on any atom is 0.223 e. The van der Waals surface area contributed by atoms with Crippen molar-refractivity contribution in [2.75, 3.05) is 13.1 Å². The molecule has 0 bridgehead atoms. The topological polar surface area (TPSA) is 80.0 Å². The quantitative estimate of drug-likeness (QED) is 0.636. The van der Waals surface area contributed by atoms with Crippen LogP contribution < -0.4 is 11.5 Å². The molecule has 1 heterocycles. The summed E-state index contributed by atoms with van der Waals surface area (Å²) in [6.45, 7) is 1.81. The second-order valence-corrected chi connectivity index (χ2v) is 5.69. The molecular formula is C18H21ClFN5. The van der Waals surface area contributed by atoms with E-state index in [4.69, 9.17) is 11.5 Å². The number of nitrogens with two attached hydrogens (primary N) is 2. The molecule has 1 fully saturated rings. The van der Waals surface area contributed by atoms with Crippen molar-refractivity contribution in [3.63, 3.8) is 0 Å². The third-order valence-corrected chi connectivity index (χ3v) is 3.93. The lowest BCUT2D eigenvalue weighted by Gasteiger charge is -2.15. The van der Waals surface area contributed by atoms with Crippen LogP contribution >= 0.6 is 12.4 Å². The first kappa shape index (κ1) is 18.7. The van der Waals surface area contributed by atoms with Crippen LogP contribution in [0, 0.1) is 5.82 Å². The van der Waals surface area contributed by atoms with Gasteiger partial charge in [0.1, 0.15) is 5.82 Å². The monoisotopic (exact) mass is 361 g/mol. The zero-order valence-corrected chi connectivity index (χ0v) is 14.5. The number of benzene rings is 2. The summed E-state index contributed by atoms with van der Waals surface area (Å²) in [6.07, 6.45) is 2.24. The molecule has 7 heteroatoms. The highest BCUT2D eigenvalue weighted by Crippen LogP contribution is 2.24. The van der Waals surface area contributed by atoms with Crippen LogP contribution in [0.15, 0.2) is 58.5 Å². The third kappa shape index (κ3) is 4.93. The highest BCUT2D eigenvalue weighted by atomic mass is 35.5. The summed E-state index contributed by atoms with van der Waals surface area (Å²) in [6, 6.07) is 13.8. The summed E-state index contributed by atoms with van der Waals surface area (Å²) in [5.41, 5.74) is 14.4. The van der Waals surface area contributed by atoms with Crippen molar-refractivity contribution in [3.8, 4) is 11.1 Å². The van der Waals surface area contributed by atoms with Gasteiger partial charge in [0, 0.05) is 13.1 Å². The van der Waals surface area contributed by atoms with Crippen LogP contribution in [-0.4, -0.2) is 29.9 Å². The summed E-state index contributed by atoms with van der Waals surface area (Å²) < 4.78 is 13.0. The molecule has 3 rings (SSSR count). The van der Waals surface area contributed by atoms with Gasteiger partial charge >= 0.3 is 0 Å². The molecule has 0 saturated carbocycles.